The highest BCUT2D eigenvalue weighted by atomic mass is 16.6. The molecule has 0 aliphatic rings. The van der Waals surface area contributed by atoms with Crippen LogP contribution in [0.15, 0.2) is 48.5 Å². The summed E-state index contributed by atoms with van der Waals surface area (Å²) in [5.41, 5.74) is 1.38. The van der Waals surface area contributed by atoms with Gasteiger partial charge in [-0.05, 0) is 54.3 Å². The monoisotopic (exact) mass is 389 g/mol. The summed E-state index contributed by atoms with van der Waals surface area (Å²) >= 11 is 0. The smallest absolute Gasteiger partial charge is 0.412 e. The van der Waals surface area contributed by atoms with E-state index in [1.54, 1.807) is 43.5 Å². The fraction of sp³-hybridized carbons (Fsp3) is 0.381. The average molecular weight is 389 g/mol. The summed E-state index contributed by atoms with van der Waals surface area (Å²) in [6.07, 6.45) is -0.624. The summed E-state index contributed by atoms with van der Waals surface area (Å²) < 4.78 is 16.1. The molecule has 0 fully saturated rings. The highest BCUT2D eigenvalue weighted by Gasteiger charge is 2.23. The standard InChI is InChI=1S/C21H27NO6/c1-15(11-12-23)20(16-3-7-19(8-4-16)27-14-13-24)28-21(25)22-17-5-9-18(26-2)10-6-17/h3-10,15,20,23-24H,11-14H2,1-2H3,(H,22,25)/t15-,20-/m1/s1. The lowest BCUT2D eigenvalue weighted by molar-refractivity contribution is 0.0667. The van der Waals surface area contributed by atoms with Crippen molar-refractivity contribution in [2.45, 2.75) is 19.4 Å². The fourth-order valence-electron chi connectivity index (χ4n) is 2.72. The molecule has 0 bridgehead atoms. The predicted octanol–water partition coefficient (Wildman–Crippen LogP) is 3.37. The number of carbonyl (C=O) groups excluding carboxylic acids is 1. The van der Waals surface area contributed by atoms with Crippen molar-refractivity contribution in [2.24, 2.45) is 5.92 Å². The van der Waals surface area contributed by atoms with Crippen molar-refractivity contribution in [3.05, 3.63) is 54.1 Å². The van der Waals surface area contributed by atoms with Crippen LogP contribution >= 0.6 is 0 Å². The van der Waals surface area contributed by atoms with E-state index in [1.165, 1.54) is 0 Å². The first kappa shape index (κ1) is 21.5. The van der Waals surface area contributed by atoms with E-state index in [2.05, 4.69) is 5.32 Å². The molecule has 0 saturated heterocycles. The summed E-state index contributed by atoms with van der Waals surface area (Å²) in [7, 11) is 1.57. The fourth-order valence-corrected chi connectivity index (χ4v) is 2.72. The normalized spacial score (nSPS) is 12.7. The van der Waals surface area contributed by atoms with Gasteiger partial charge in [-0.1, -0.05) is 19.1 Å². The number of amides is 1. The van der Waals surface area contributed by atoms with E-state index in [0.29, 0.717) is 23.6 Å². The van der Waals surface area contributed by atoms with Gasteiger partial charge in [-0.2, -0.15) is 0 Å². The van der Waals surface area contributed by atoms with Gasteiger partial charge in [0.25, 0.3) is 0 Å². The molecule has 0 spiro atoms. The van der Waals surface area contributed by atoms with Crippen LogP contribution in [0.2, 0.25) is 0 Å². The van der Waals surface area contributed by atoms with Gasteiger partial charge < -0.3 is 24.4 Å². The third-order valence-electron chi connectivity index (χ3n) is 4.24. The minimum Gasteiger partial charge on any atom is -0.497 e. The third-order valence-corrected chi connectivity index (χ3v) is 4.24. The lowest BCUT2D eigenvalue weighted by Gasteiger charge is -2.24. The Balaban J connectivity index is 2.07. The van der Waals surface area contributed by atoms with Crippen molar-refractivity contribution >= 4 is 11.8 Å². The average Bonchev–Trinajstić information content (AvgIpc) is 2.71. The lowest BCUT2D eigenvalue weighted by Crippen LogP contribution is -2.22. The Morgan fingerprint density at radius 2 is 1.64 bits per heavy atom. The topological polar surface area (TPSA) is 97.3 Å². The molecule has 0 unspecified atom stereocenters. The molecule has 0 aliphatic heterocycles. The van der Waals surface area contributed by atoms with Crippen LogP contribution in [0.3, 0.4) is 0 Å². The molecule has 0 saturated carbocycles. The highest BCUT2D eigenvalue weighted by Crippen LogP contribution is 2.30. The lowest BCUT2D eigenvalue weighted by atomic mass is 9.94. The molecule has 0 aromatic heterocycles. The van der Waals surface area contributed by atoms with E-state index >= 15 is 0 Å². The van der Waals surface area contributed by atoms with Crippen molar-refractivity contribution < 1.29 is 29.2 Å². The second-order valence-electron chi connectivity index (χ2n) is 6.31. The summed E-state index contributed by atoms with van der Waals surface area (Å²) in [4.78, 5) is 12.4. The molecule has 28 heavy (non-hydrogen) atoms. The Labute approximate surface area is 164 Å². The first-order valence-electron chi connectivity index (χ1n) is 9.13. The molecule has 1 amide bonds. The molecule has 0 aliphatic carbocycles. The Hall–Kier alpha value is -2.77. The first-order valence-corrected chi connectivity index (χ1v) is 9.13. The highest BCUT2D eigenvalue weighted by molar-refractivity contribution is 5.84. The van der Waals surface area contributed by atoms with Gasteiger partial charge in [0.15, 0.2) is 0 Å². The number of carbonyl (C=O) groups is 1. The minimum absolute atomic E-state index is 0.00117. The molecular weight excluding hydrogens is 362 g/mol. The second-order valence-corrected chi connectivity index (χ2v) is 6.31. The Morgan fingerprint density at radius 3 is 2.21 bits per heavy atom. The molecule has 2 aromatic rings. The molecule has 2 atom stereocenters. The number of rotatable bonds is 10. The zero-order chi connectivity index (χ0) is 20.4. The number of hydrogen-bond donors (Lipinski definition) is 3. The second kappa shape index (κ2) is 11.2. The van der Waals surface area contributed by atoms with Crippen molar-refractivity contribution in [3.8, 4) is 11.5 Å². The maximum absolute atomic E-state index is 12.4. The number of benzene rings is 2. The van der Waals surface area contributed by atoms with Crippen LogP contribution in [-0.2, 0) is 4.74 Å². The molecular formula is C21H27NO6. The maximum atomic E-state index is 12.4. The van der Waals surface area contributed by atoms with Crippen LogP contribution in [-0.4, -0.2) is 43.2 Å². The van der Waals surface area contributed by atoms with Crippen LogP contribution in [0.25, 0.3) is 0 Å². The third kappa shape index (κ3) is 6.44. The molecule has 2 aromatic carbocycles. The van der Waals surface area contributed by atoms with Crippen LogP contribution in [0.1, 0.15) is 25.0 Å². The van der Waals surface area contributed by atoms with Crippen LogP contribution in [0.5, 0.6) is 11.5 Å². The summed E-state index contributed by atoms with van der Waals surface area (Å²) in [6, 6.07) is 14.1. The van der Waals surface area contributed by atoms with E-state index in [4.69, 9.17) is 19.3 Å². The van der Waals surface area contributed by atoms with Gasteiger partial charge in [0, 0.05) is 12.3 Å². The van der Waals surface area contributed by atoms with Gasteiger partial charge in [0.2, 0.25) is 0 Å². The number of nitrogens with one attached hydrogen (secondary N) is 1. The SMILES string of the molecule is COc1ccc(NC(=O)O[C@@H](c2ccc(OCCO)cc2)[C@H](C)CCO)cc1. The molecule has 3 N–H and O–H groups in total. The number of hydrogen-bond acceptors (Lipinski definition) is 6. The molecule has 7 nitrogen and oxygen atoms in total. The Bertz CT molecular complexity index is 717. The van der Waals surface area contributed by atoms with E-state index in [0.717, 1.165) is 5.56 Å². The zero-order valence-corrected chi connectivity index (χ0v) is 16.1. The van der Waals surface area contributed by atoms with E-state index in [-0.39, 0.29) is 25.7 Å². The number of anilines is 1. The number of aliphatic hydroxyl groups excluding tert-OH is 2. The largest absolute Gasteiger partial charge is 0.497 e. The van der Waals surface area contributed by atoms with Gasteiger partial charge in [-0.3, -0.25) is 5.32 Å². The van der Waals surface area contributed by atoms with Crippen molar-refractivity contribution in [3.63, 3.8) is 0 Å². The Morgan fingerprint density at radius 1 is 1.00 bits per heavy atom. The molecule has 0 radical (unpaired) electrons. The van der Waals surface area contributed by atoms with E-state index in [9.17, 15) is 9.90 Å². The summed E-state index contributed by atoms with van der Waals surface area (Å²) in [5.74, 6) is 1.22. The van der Waals surface area contributed by atoms with Gasteiger partial charge in [0.1, 0.15) is 24.2 Å². The van der Waals surface area contributed by atoms with Crippen LogP contribution < -0.4 is 14.8 Å². The summed E-state index contributed by atoms with van der Waals surface area (Å²) in [5, 5.41) is 20.8. The number of aliphatic hydroxyl groups is 2. The first-order chi connectivity index (χ1) is 13.6. The van der Waals surface area contributed by atoms with Gasteiger partial charge in [-0.15, -0.1) is 0 Å². The molecule has 2 rings (SSSR count). The predicted molar refractivity (Wildman–Crippen MR) is 106 cm³/mol. The molecule has 0 heterocycles. The van der Waals surface area contributed by atoms with E-state index in [1.807, 2.05) is 19.1 Å². The van der Waals surface area contributed by atoms with Crippen LogP contribution in [0, 0.1) is 5.92 Å². The minimum atomic E-state index is -0.583. The molecule has 7 heteroatoms. The van der Waals surface area contributed by atoms with Crippen LogP contribution in [0.4, 0.5) is 10.5 Å². The van der Waals surface area contributed by atoms with Gasteiger partial charge >= 0.3 is 6.09 Å². The van der Waals surface area contributed by atoms with Crippen molar-refractivity contribution in [1.82, 2.24) is 0 Å². The zero-order valence-electron chi connectivity index (χ0n) is 16.1. The maximum Gasteiger partial charge on any atom is 0.412 e. The van der Waals surface area contributed by atoms with Gasteiger partial charge in [0.05, 0.1) is 13.7 Å². The van der Waals surface area contributed by atoms with Gasteiger partial charge in [-0.25, -0.2) is 4.79 Å². The van der Waals surface area contributed by atoms with E-state index < -0.39 is 12.2 Å². The molecule has 152 valence electrons. The quantitative estimate of drug-likeness (QED) is 0.576. The van der Waals surface area contributed by atoms with Crippen molar-refractivity contribution in [2.75, 3.05) is 32.2 Å². The number of methoxy groups -OCH3 is 1. The number of ether oxygens (including phenoxy) is 3. The summed E-state index contributed by atoms with van der Waals surface area (Å²) in [6.45, 7) is 2.06. The van der Waals surface area contributed by atoms with Crippen molar-refractivity contribution in [1.29, 1.82) is 0 Å². The Kier molecular flexibility index (Phi) is 8.58.